The molecule has 1 amide bonds. The molecule has 5 nitrogen and oxygen atoms in total. The van der Waals surface area contributed by atoms with Crippen molar-refractivity contribution in [3.63, 3.8) is 0 Å². The molecule has 2 aromatic carbocycles. The average Bonchev–Trinajstić information content (AvgIpc) is 2.83. The third-order valence-corrected chi connectivity index (χ3v) is 4.46. The van der Waals surface area contributed by atoms with Gasteiger partial charge in [-0.1, -0.05) is 17.7 Å². The van der Waals surface area contributed by atoms with Crippen LogP contribution in [0.2, 0.25) is 5.02 Å². The fraction of sp³-hybridized carbons (Fsp3) is 0.316. The molecular formula is C19H21ClN2O3. The van der Waals surface area contributed by atoms with Gasteiger partial charge in [-0.15, -0.1) is 0 Å². The summed E-state index contributed by atoms with van der Waals surface area (Å²) in [5, 5.41) is 6.71. The molecule has 3 rings (SSSR count). The Kier molecular flexibility index (Phi) is 5.34. The summed E-state index contributed by atoms with van der Waals surface area (Å²) in [4.78, 5) is 12.5. The lowest BCUT2D eigenvalue weighted by molar-refractivity contribution is -0.116. The highest BCUT2D eigenvalue weighted by atomic mass is 35.5. The Morgan fingerprint density at radius 3 is 2.72 bits per heavy atom. The molecular weight excluding hydrogens is 340 g/mol. The molecule has 132 valence electrons. The van der Waals surface area contributed by atoms with E-state index in [9.17, 15) is 4.79 Å². The molecule has 0 spiro atoms. The average molecular weight is 361 g/mol. The molecule has 0 bridgehead atoms. The molecule has 0 saturated heterocycles. The first-order valence-electron chi connectivity index (χ1n) is 8.27. The summed E-state index contributed by atoms with van der Waals surface area (Å²) in [5.74, 6) is 1.29. The molecule has 1 atom stereocenters. The first-order chi connectivity index (χ1) is 12.0. The largest absolute Gasteiger partial charge is 0.490 e. The minimum atomic E-state index is -0.428. The summed E-state index contributed by atoms with van der Waals surface area (Å²) in [6, 6.07) is 10.6. The third kappa shape index (κ3) is 4.17. The monoisotopic (exact) mass is 360 g/mol. The number of amides is 1. The number of nitrogens with one attached hydrogen (secondary N) is 2. The number of hydrogen-bond donors (Lipinski definition) is 2. The number of hydrogen-bond acceptors (Lipinski definition) is 4. The Labute approximate surface area is 152 Å². The van der Waals surface area contributed by atoms with Crippen LogP contribution >= 0.6 is 11.6 Å². The van der Waals surface area contributed by atoms with Crippen molar-refractivity contribution in [3.05, 3.63) is 47.0 Å². The number of carbonyl (C=O) groups excluding carboxylic acids is 1. The zero-order valence-corrected chi connectivity index (χ0v) is 15.0. The molecule has 0 aliphatic carbocycles. The summed E-state index contributed by atoms with van der Waals surface area (Å²) in [6.45, 7) is 4.95. The predicted octanol–water partition coefficient (Wildman–Crippen LogP) is 4.25. The number of benzene rings is 2. The van der Waals surface area contributed by atoms with E-state index in [1.165, 1.54) is 0 Å². The lowest BCUT2D eigenvalue weighted by Crippen LogP contribution is -2.32. The summed E-state index contributed by atoms with van der Waals surface area (Å²) >= 11 is 6.09. The summed E-state index contributed by atoms with van der Waals surface area (Å²) in [7, 11) is 0. The fourth-order valence-electron chi connectivity index (χ4n) is 2.55. The van der Waals surface area contributed by atoms with Crippen molar-refractivity contribution in [2.75, 3.05) is 23.8 Å². The maximum atomic E-state index is 12.5. The molecule has 0 radical (unpaired) electrons. The number of fused-ring (bicyclic) bond motifs is 1. The van der Waals surface area contributed by atoms with Gasteiger partial charge < -0.3 is 20.1 Å². The van der Waals surface area contributed by atoms with E-state index in [-0.39, 0.29) is 5.91 Å². The summed E-state index contributed by atoms with van der Waals surface area (Å²) in [5.41, 5.74) is 2.36. The van der Waals surface area contributed by atoms with Gasteiger partial charge in [0.15, 0.2) is 11.5 Å². The number of rotatable bonds is 4. The smallest absolute Gasteiger partial charge is 0.246 e. The van der Waals surface area contributed by atoms with Crippen LogP contribution in [0.1, 0.15) is 18.9 Å². The van der Waals surface area contributed by atoms with E-state index in [0.29, 0.717) is 29.7 Å². The fourth-order valence-corrected chi connectivity index (χ4v) is 2.73. The van der Waals surface area contributed by atoms with Crippen LogP contribution in [0.25, 0.3) is 0 Å². The molecule has 1 unspecified atom stereocenters. The van der Waals surface area contributed by atoms with Gasteiger partial charge in [-0.05, 0) is 43.7 Å². The van der Waals surface area contributed by atoms with Crippen molar-refractivity contribution in [2.45, 2.75) is 26.3 Å². The Balaban J connectivity index is 1.67. The Bertz CT molecular complexity index is 779. The second-order valence-electron chi connectivity index (χ2n) is 5.98. The van der Waals surface area contributed by atoms with Crippen molar-refractivity contribution in [3.8, 4) is 11.5 Å². The molecule has 25 heavy (non-hydrogen) atoms. The zero-order valence-electron chi connectivity index (χ0n) is 14.3. The van der Waals surface area contributed by atoms with E-state index in [4.69, 9.17) is 21.1 Å². The molecule has 6 heteroatoms. The standard InChI is InChI=1S/C19H21ClN2O3/c1-12-15(20)5-3-6-16(12)22-19(23)13(2)21-14-7-8-17-18(11-14)25-10-4-9-24-17/h3,5-8,11,13,21H,4,9-10H2,1-2H3,(H,22,23). The lowest BCUT2D eigenvalue weighted by atomic mass is 10.2. The highest BCUT2D eigenvalue weighted by molar-refractivity contribution is 6.31. The minimum Gasteiger partial charge on any atom is -0.490 e. The molecule has 0 aromatic heterocycles. The number of carbonyl (C=O) groups is 1. The Morgan fingerprint density at radius 1 is 1.16 bits per heavy atom. The highest BCUT2D eigenvalue weighted by Gasteiger charge is 2.16. The van der Waals surface area contributed by atoms with Gasteiger partial charge in [0.25, 0.3) is 0 Å². The van der Waals surface area contributed by atoms with E-state index < -0.39 is 6.04 Å². The number of ether oxygens (including phenoxy) is 2. The van der Waals surface area contributed by atoms with Crippen molar-refractivity contribution in [1.82, 2.24) is 0 Å². The van der Waals surface area contributed by atoms with E-state index in [1.54, 1.807) is 13.0 Å². The molecule has 2 aromatic rings. The number of anilines is 2. The topological polar surface area (TPSA) is 59.6 Å². The van der Waals surface area contributed by atoms with Gasteiger partial charge in [-0.25, -0.2) is 0 Å². The quantitative estimate of drug-likeness (QED) is 0.855. The minimum absolute atomic E-state index is 0.141. The second-order valence-corrected chi connectivity index (χ2v) is 6.39. The first-order valence-corrected chi connectivity index (χ1v) is 8.64. The lowest BCUT2D eigenvalue weighted by Gasteiger charge is -2.17. The van der Waals surface area contributed by atoms with Gasteiger partial charge in [0.05, 0.1) is 13.2 Å². The molecule has 2 N–H and O–H groups in total. The molecule has 0 fully saturated rings. The van der Waals surface area contributed by atoms with Crippen molar-refractivity contribution >= 4 is 28.9 Å². The number of halogens is 1. The van der Waals surface area contributed by atoms with Crippen molar-refractivity contribution in [2.24, 2.45) is 0 Å². The second kappa shape index (κ2) is 7.66. The van der Waals surface area contributed by atoms with Gasteiger partial charge in [0.1, 0.15) is 6.04 Å². The van der Waals surface area contributed by atoms with Gasteiger partial charge in [0.2, 0.25) is 5.91 Å². The predicted molar refractivity (Wildman–Crippen MR) is 100.0 cm³/mol. The van der Waals surface area contributed by atoms with E-state index >= 15 is 0 Å². The SMILES string of the molecule is Cc1c(Cl)cccc1NC(=O)C(C)Nc1ccc2c(c1)OCCCO2. The highest BCUT2D eigenvalue weighted by Crippen LogP contribution is 2.32. The maximum Gasteiger partial charge on any atom is 0.246 e. The third-order valence-electron chi connectivity index (χ3n) is 4.05. The normalized spacial score (nSPS) is 14.4. The van der Waals surface area contributed by atoms with Crippen LogP contribution < -0.4 is 20.1 Å². The van der Waals surface area contributed by atoms with Crippen LogP contribution in [-0.4, -0.2) is 25.2 Å². The van der Waals surface area contributed by atoms with Gasteiger partial charge in [-0.2, -0.15) is 0 Å². The van der Waals surface area contributed by atoms with Crippen molar-refractivity contribution < 1.29 is 14.3 Å². The van der Waals surface area contributed by atoms with Crippen molar-refractivity contribution in [1.29, 1.82) is 0 Å². The molecule has 1 aliphatic heterocycles. The van der Waals surface area contributed by atoms with Crippen LogP contribution in [0.3, 0.4) is 0 Å². The van der Waals surface area contributed by atoms with Crippen LogP contribution in [0.15, 0.2) is 36.4 Å². The van der Waals surface area contributed by atoms with Gasteiger partial charge >= 0.3 is 0 Å². The molecule has 1 aliphatic rings. The Morgan fingerprint density at radius 2 is 1.92 bits per heavy atom. The van der Waals surface area contributed by atoms with Gasteiger partial charge in [0, 0.05) is 28.9 Å². The van der Waals surface area contributed by atoms with E-state index in [0.717, 1.165) is 23.4 Å². The first kappa shape index (κ1) is 17.4. The van der Waals surface area contributed by atoms with Crippen LogP contribution in [0, 0.1) is 6.92 Å². The van der Waals surface area contributed by atoms with Gasteiger partial charge in [-0.3, -0.25) is 4.79 Å². The van der Waals surface area contributed by atoms with Crippen LogP contribution in [0.5, 0.6) is 11.5 Å². The molecule has 1 heterocycles. The summed E-state index contributed by atoms with van der Waals surface area (Å²) < 4.78 is 11.3. The zero-order chi connectivity index (χ0) is 17.8. The maximum absolute atomic E-state index is 12.5. The molecule has 0 saturated carbocycles. The van der Waals surface area contributed by atoms with E-state index in [2.05, 4.69) is 10.6 Å². The van der Waals surface area contributed by atoms with Crippen LogP contribution in [-0.2, 0) is 4.79 Å². The van der Waals surface area contributed by atoms with Crippen LogP contribution in [0.4, 0.5) is 11.4 Å². The van der Waals surface area contributed by atoms with E-state index in [1.807, 2.05) is 37.3 Å². The summed E-state index contributed by atoms with van der Waals surface area (Å²) in [6.07, 6.45) is 0.856. The Hall–Kier alpha value is -2.40.